The van der Waals surface area contributed by atoms with E-state index >= 15 is 0 Å². The number of rotatable bonds is 4. The maximum Gasteiger partial charge on any atom is 0.276 e. The Morgan fingerprint density at radius 3 is 1.86 bits per heavy atom. The van der Waals surface area contributed by atoms with E-state index in [1.54, 1.807) is 24.3 Å². The fraction of sp³-hybridized carbons (Fsp3) is 0.455. The smallest absolute Gasteiger partial charge is 0.276 e. The van der Waals surface area contributed by atoms with E-state index in [-0.39, 0.29) is 31.9 Å². The minimum atomic E-state index is -3.76. The van der Waals surface area contributed by atoms with Crippen LogP contribution in [0.4, 0.5) is 5.69 Å². The van der Waals surface area contributed by atoms with Crippen molar-refractivity contribution >= 4 is 25.9 Å². The van der Waals surface area contributed by atoms with Crippen molar-refractivity contribution in [2.24, 2.45) is 5.14 Å². The first-order valence-electron chi connectivity index (χ1n) is 6.28. The van der Waals surface area contributed by atoms with Gasteiger partial charge < -0.3 is 5.73 Å². The summed E-state index contributed by atoms with van der Waals surface area (Å²) in [7, 11) is -7.25. The zero-order valence-electron chi connectivity index (χ0n) is 11.3. The van der Waals surface area contributed by atoms with Crippen LogP contribution in [0, 0.1) is 0 Å². The molecule has 1 aliphatic heterocycles. The van der Waals surface area contributed by atoms with Crippen LogP contribution in [0.25, 0.3) is 0 Å². The van der Waals surface area contributed by atoms with Crippen molar-refractivity contribution in [1.29, 1.82) is 0 Å². The van der Waals surface area contributed by atoms with Gasteiger partial charge >= 0.3 is 0 Å². The lowest BCUT2D eigenvalue weighted by molar-refractivity contribution is 0.272. The number of anilines is 1. The molecule has 0 spiro atoms. The van der Waals surface area contributed by atoms with Crippen LogP contribution in [-0.4, -0.2) is 51.6 Å². The molecule has 2 rings (SSSR count). The molecular weight excluding hydrogens is 316 g/mol. The molecule has 0 radical (unpaired) electrons. The van der Waals surface area contributed by atoms with Gasteiger partial charge in [-0.25, -0.2) is 13.6 Å². The normalized spacial score (nSPS) is 18.7. The van der Waals surface area contributed by atoms with Crippen molar-refractivity contribution in [2.75, 3.05) is 31.9 Å². The largest absolute Gasteiger partial charge is 0.399 e. The minimum Gasteiger partial charge on any atom is -0.399 e. The second-order valence-corrected chi connectivity index (χ2v) is 8.36. The van der Waals surface area contributed by atoms with Crippen LogP contribution in [0.5, 0.6) is 0 Å². The fourth-order valence-electron chi connectivity index (χ4n) is 2.12. The van der Waals surface area contributed by atoms with Crippen LogP contribution in [0.3, 0.4) is 0 Å². The van der Waals surface area contributed by atoms with E-state index in [4.69, 9.17) is 10.9 Å². The van der Waals surface area contributed by atoms with Gasteiger partial charge in [-0.1, -0.05) is 12.1 Å². The Morgan fingerprint density at radius 2 is 1.38 bits per heavy atom. The first-order valence-corrected chi connectivity index (χ1v) is 9.40. The van der Waals surface area contributed by atoms with E-state index in [1.807, 2.05) is 0 Å². The Labute approximate surface area is 124 Å². The van der Waals surface area contributed by atoms with Crippen molar-refractivity contribution in [2.45, 2.75) is 5.75 Å². The predicted octanol–water partition coefficient (Wildman–Crippen LogP) is -1.08. The summed E-state index contributed by atoms with van der Waals surface area (Å²) >= 11 is 0. The summed E-state index contributed by atoms with van der Waals surface area (Å²) in [5, 5.41) is 5.02. The topological polar surface area (TPSA) is 127 Å². The van der Waals surface area contributed by atoms with Gasteiger partial charge in [0.2, 0.25) is 10.0 Å². The Balaban J connectivity index is 2.03. The first-order chi connectivity index (χ1) is 9.68. The van der Waals surface area contributed by atoms with Gasteiger partial charge in [-0.3, -0.25) is 0 Å². The molecule has 1 heterocycles. The third-order valence-electron chi connectivity index (χ3n) is 3.28. The highest BCUT2D eigenvalue weighted by molar-refractivity contribution is 7.88. The predicted molar refractivity (Wildman–Crippen MR) is 79.7 cm³/mol. The molecule has 4 N–H and O–H groups in total. The molecule has 0 saturated carbocycles. The highest BCUT2D eigenvalue weighted by Gasteiger charge is 2.30. The molecule has 118 valence electrons. The van der Waals surface area contributed by atoms with Crippen LogP contribution in [-0.2, 0) is 26.0 Å². The van der Waals surface area contributed by atoms with Crippen LogP contribution >= 0.6 is 0 Å². The lowest BCUT2D eigenvalue weighted by atomic mass is 10.2. The average Bonchev–Trinajstić information content (AvgIpc) is 2.40. The van der Waals surface area contributed by atoms with Gasteiger partial charge in [0.1, 0.15) is 0 Å². The van der Waals surface area contributed by atoms with Crippen LogP contribution in [0.15, 0.2) is 24.3 Å². The van der Waals surface area contributed by atoms with Gasteiger partial charge in [0.05, 0.1) is 5.75 Å². The molecule has 1 aromatic rings. The molecule has 0 atom stereocenters. The number of hydrogen-bond acceptors (Lipinski definition) is 5. The van der Waals surface area contributed by atoms with E-state index in [1.165, 1.54) is 4.31 Å². The Hall–Kier alpha value is -1.20. The van der Waals surface area contributed by atoms with E-state index < -0.39 is 20.2 Å². The highest BCUT2D eigenvalue weighted by Crippen LogP contribution is 2.15. The first kappa shape index (κ1) is 16.2. The Kier molecular flexibility index (Phi) is 4.54. The van der Waals surface area contributed by atoms with Gasteiger partial charge in [-0.15, -0.1) is 0 Å². The molecule has 21 heavy (non-hydrogen) atoms. The number of nitrogen functional groups attached to an aromatic ring is 1. The Morgan fingerprint density at radius 1 is 0.905 bits per heavy atom. The molecule has 1 saturated heterocycles. The standard InChI is InChI=1S/C11H18N4O4S2/c12-11-3-1-10(2-4-11)9-20(16,17)14-5-7-15(8-6-14)21(13,18)19/h1-4H,5-9,12H2,(H2,13,18,19). The Bertz CT molecular complexity index is 692. The quantitative estimate of drug-likeness (QED) is 0.677. The fourth-order valence-corrected chi connectivity index (χ4v) is 4.31. The summed E-state index contributed by atoms with van der Waals surface area (Å²) in [4.78, 5) is 0. The van der Waals surface area contributed by atoms with Crippen LogP contribution < -0.4 is 10.9 Å². The van der Waals surface area contributed by atoms with Crippen molar-refractivity contribution in [3.05, 3.63) is 29.8 Å². The zero-order valence-corrected chi connectivity index (χ0v) is 13.0. The summed E-state index contributed by atoms with van der Waals surface area (Å²) in [5.74, 6) is -0.136. The summed E-state index contributed by atoms with van der Waals surface area (Å²) in [6, 6.07) is 6.61. The second-order valence-electron chi connectivity index (χ2n) is 4.84. The van der Waals surface area contributed by atoms with Crippen molar-refractivity contribution in [3.63, 3.8) is 0 Å². The number of piperazine rings is 1. The third kappa shape index (κ3) is 4.14. The number of benzene rings is 1. The zero-order chi connectivity index (χ0) is 15.7. The maximum absolute atomic E-state index is 12.3. The number of nitrogens with zero attached hydrogens (tertiary/aromatic N) is 2. The van der Waals surface area contributed by atoms with Gasteiger partial charge in [0, 0.05) is 31.9 Å². The molecule has 0 aromatic heterocycles. The SMILES string of the molecule is Nc1ccc(CS(=O)(=O)N2CCN(S(N)(=O)=O)CC2)cc1. The van der Waals surface area contributed by atoms with Crippen LogP contribution in [0.1, 0.15) is 5.56 Å². The molecule has 8 nitrogen and oxygen atoms in total. The molecular formula is C11H18N4O4S2. The van der Waals surface area contributed by atoms with Crippen molar-refractivity contribution < 1.29 is 16.8 Å². The lowest BCUT2D eigenvalue weighted by Crippen LogP contribution is -2.52. The summed E-state index contributed by atoms with van der Waals surface area (Å²) in [6.45, 7) is 0.348. The van der Waals surface area contributed by atoms with E-state index in [2.05, 4.69) is 0 Å². The minimum absolute atomic E-state index is 0.0692. The van der Waals surface area contributed by atoms with E-state index in [0.717, 1.165) is 4.31 Å². The van der Waals surface area contributed by atoms with Crippen LogP contribution in [0.2, 0.25) is 0 Å². The molecule has 1 fully saturated rings. The average molecular weight is 334 g/mol. The summed E-state index contributed by atoms with van der Waals surface area (Å²) in [5.41, 5.74) is 6.76. The molecule has 1 aromatic carbocycles. The van der Waals surface area contributed by atoms with Gasteiger partial charge in [-0.05, 0) is 17.7 Å². The molecule has 0 bridgehead atoms. The number of hydrogen-bond donors (Lipinski definition) is 2. The molecule has 10 heteroatoms. The number of nitrogens with two attached hydrogens (primary N) is 2. The third-order valence-corrected chi connectivity index (χ3v) is 6.21. The van der Waals surface area contributed by atoms with E-state index in [0.29, 0.717) is 11.3 Å². The second kappa shape index (κ2) is 5.89. The van der Waals surface area contributed by atoms with Gasteiger partial charge in [0.15, 0.2) is 0 Å². The molecule has 0 unspecified atom stereocenters. The maximum atomic E-state index is 12.3. The highest BCUT2D eigenvalue weighted by atomic mass is 32.2. The van der Waals surface area contributed by atoms with Crippen molar-refractivity contribution in [1.82, 2.24) is 8.61 Å². The van der Waals surface area contributed by atoms with Crippen molar-refractivity contribution in [3.8, 4) is 0 Å². The van der Waals surface area contributed by atoms with Gasteiger partial charge in [0.25, 0.3) is 10.2 Å². The van der Waals surface area contributed by atoms with E-state index in [9.17, 15) is 16.8 Å². The molecule has 0 amide bonds. The number of sulfonamides is 1. The monoisotopic (exact) mass is 334 g/mol. The van der Waals surface area contributed by atoms with Gasteiger partial charge in [-0.2, -0.15) is 17.0 Å². The molecule has 0 aliphatic carbocycles. The summed E-state index contributed by atoms with van der Waals surface area (Å²) < 4.78 is 49.3. The lowest BCUT2D eigenvalue weighted by Gasteiger charge is -2.32. The molecule has 1 aliphatic rings. The summed E-state index contributed by atoms with van der Waals surface area (Å²) in [6.07, 6.45) is 0.